The van der Waals surface area contributed by atoms with Gasteiger partial charge in [-0.2, -0.15) is 0 Å². The molecule has 3 aromatic carbocycles. The fourth-order valence-electron chi connectivity index (χ4n) is 4.30. The van der Waals surface area contributed by atoms with E-state index in [4.69, 9.17) is 20.8 Å². The Labute approximate surface area is 208 Å². The summed E-state index contributed by atoms with van der Waals surface area (Å²) in [6, 6.07) is 15.1. The van der Waals surface area contributed by atoms with E-state index in [2.05, 4.69) is 15.9 Å². The predicted molar refractivity (Wildman–Crippen MR) is 133 cm³/mol. The lowest BCUT2D eigenvalue weighted by atomic mass is 9.97. The number of amides is 1. The third-order valence-electron chi connectivity index (χ3n) is 5.99. The molecule has 34 heavy (non-hydrogen) atoms. The number of benzene rings is 3. The van der Waals surface area contributed by atoms with Crippen molar-refractivity contribution >= 4 is 44.4 Å². The van der Waals surface area contributed by atoms with Gasteiger partial charge in [0.2, 0.25) is 5.76 Å². The Hall–Kier alpha value is -3.29. The summed E-state index contributed by atoms with van der Waals surface area (Å²) in [5.41, 5.74) is 2.79. The van der Waals surface area contributed by atoms with Crippen molar-refractivity contribution in [3.63, 3.8) is 0 Å². The summed E-state index contributed by atoms with van der Waals surface area (Å²) < 4.78 is 11.7. The Bertz CT molecular complexity index is 1510. The van der Waals surface area contributed by atoms with Gasteiger partial charge in [-0.3, -0.25) is 9.59 Å². The minimum atomic E-state index is -0.755. The first-order valence-corrected chi connectivity index (χ1v) is 11.6. The van der Waals surface area contributed by atoms with E-state index in [0.717, 1.165) is 11.1 Å². The molecule has 0 fully saturated rings. The molecule has 0 unspecified atom stereocenters. The van der Waals surface area contributed by atoms with Crippen LogP contribution >= 0.6 is 27.5 Å². The first-order chi connectivity index (χ1) is 16.3. The topological polar surface area (TPSA) is 80.0 Å². The Kier molecular flexibility index (Phi) is 5.62. The van der Waals surface area contributed by atoms with Crippen LogP contribution in [-0.2, 0) is 6.54 Å². The van der Waals surface area contributed by atoms with E-state index in [0.29, 0.717) is 26.0 Å². The van der Waals surface area contributed by atoms with Crippen LogP contribution in [-0.4, -0.2) is 23.0 Å². The number of aromatic hydroxyl groups is 1. The number of rotatable bonds is 4. The summed E-state index contributed by atoms with van der Waals surface area (Å²) in [6.07, 6.45) is 0. The van der Waals surface area contributed by atoms with Gasteiger partial charge in [-0.15, -0.1) is 0 Å². The van der Waals surface area contributed by atoms with Crippen LogP contribution < -0.4 is 10.2 Å². The first kappa shape index (κ1) is 22.5. The first-order valence-electron chi connectivity index (χ1n) is 10.5. The quantitative estimate of drug-likeness (QED) is 0.345. The van der Waals surface area contributed by atoms with Crippen LogP contribution in [0.15, 0.2) is 68.3 Å². The molecular weight excluding hydrogens is 522 g/mol. The summed E-state index contributed by atoms with van der Waals surface area (Å²) in [4.78, 5) is 28.9. The molecule has 0 saturated carbocycles. The fourth-order valence-corrected chi connectivity index (χ4v) is 4.93. The van der Waals surface area contributed by atoms with Gasteiger partial charge in [-0.1, -0.05) is 41.4 Å². The third-order valence-corrected chi connectivity index (χ3v) is 6.83. The van der Waals surface area contributed by atoms with Crippen molar-refractivity contribution in [3.05, 3.63) is 102 Å². The van der Waals surface area contributed by atoms with Gasteiger partial charge in [0.25, 0.3) is 5.91 Å². The van der Waals surface area contributed by atoms with Gasteiger partial charge in [-0.25, -0.2) is 0 Å². The van der Waals surface area contributed by atoms with Crippen LogP contribution in [0.5, 0.6) is 11.5 Å². The second kappa shape index (κ2) is 8.49. The molecule has 5 rings (SSSR count). The number of ether oxygens (including phenoxy) is 1. The van der Waals surface area contributed by atoms with Crippen molar-refractivity contribution in [2.75, 3.05) is 7.11 Å². The third kappa shape index (κ3) is 3.65. The van der Waals surface area contributed by atoms with Gasteiger partial charge in [0.15, 0.2) is 16.9 Å². The highest BCUT2D eigenvalue weighted by Gasteiger charge is 2.43. The van der Waals surface area contributed by atoms with Gasteiger partial charge < -0.3 is 19.2 Å². The average Bonchev–Trinajstić information content (AvgIpc) is 3.09. The van der Waals surface area contributed by atoms with Gasteiger partial charge in [0.05, 0.1) is 28.6 Å². The summed E-state index contributed by atoms with van der Waals surface area (Å²) in [5.74, 6) is -0.246. The Balaban J connectivity index is 1.76. The maximum absolute atomic E-state index is 13.7. The summed E-state index contributed by atoms with van der Waals surface area (Å²) in [6.45, 7) is 2.24. The SMILES string of the molecule is COc1cc([C@H]2c3c(oc4ccc(Cl)cc4c3=O)C(=O)N2Cc2ccc(C)cc2)cc(Br)c1O. The molecule has 2 heterocycles. The molecule has 0 spiro atoms. The zero-order valence-corrected chi connectivity index (χ0v) is 20.6. The van der Waals surface area contributed by atoms with E-state index in [1.54, 1.807) is 35.2 Å². The summed E-state index contributed by atoms with van der Waals surface area (Å²) >= 11 is 9.49. The Morgan fingerprint density at radius 1 is 1.12 bits per heavy atom. The van der Waals surface area contributed by atoms with Crippen LogP contribution in [0.25, 0.3) is 11.0 Å². The van der Waals surface area contributed by atoms with Crippen molar-refractivity contribution in [1.82, 2.24) is 4.90 Å². The maximum atomic E-state index is 13.7. The van der Waals surface area contributed by atoms with Crippen LogP contribution in [0.1, 0.15) is 38.9 Å². The minimum absolute atomic E-state index is 0.0000911. The van der Waals surface area contributed by atoms with Gasteiger partial charge in [0, 0.05) is 11.6 Å². The van der Waals surface area contributed by atoms with E-state index in [1.165, 1.54) is 7.11 Å². The van der Waals surface area contributed by atoms with E-state index in [1.807, 2.05) is 31.2 Å². The highest BCUT2D eigenvalue weighted by atomic mass is 79.9. The largest absolute Gasteiger partial charge is 0.503 e. The van der Waals surface area contributed by atoms with E-state index in [-0.39, 0.29) is 34.8 Å². The number of nitrogens with zero attached hydrogens (tertiary/aromatic N) is 1. The Morgan fingerprint density at radius 3 is 2.56 bits per heavy atom. The molecule has 6 nitrogen and oxygen atoms in total. The van der Waals surface area contributed by atoms with Gasteiger partial charge >= 0.3 is 0 Å². The molecule has 4 aromatic rings. The lowest BCUT2D eigenvalue weighted by Crippen LogP contribution is -2.29. The monoisotopic (exact) mass is 539 g/mol. The molecular formula is C26H19BrClNO5. The molecule has 0 radical (unpaired) electrons. The number of fused-ring (bicyclic) bond motifs is 2. The highest BCUT2D eigenvalue weighted by molar-refractivity contribution is 9.10. The summed E-state index contributed by atoms with van der Waals surface area (Å²) in [5, 5.41) is 11.0. The van der Waals surface area contributed by atoms with Crippen molar-refractivity contribution in [2.24, 2.45) is 0 Å². The molecule has 8 heteroatoms. The van der Waals surface area contributed by atoms with E-state index < -0.39 is 11.9 Å². The van der Waals surface area contributed by atoms with Crippen molar-refractivity contribution in [3.8, 4) is 11.5 Å². The number of carbonyl (C=O) groups is 1. The molecule has 0 bridgehead atoms. The lowest BCUT2D eigenvalue weighted by molar-refractivity contribution is 0.0714. The number of hydrogen-bond acceptors (Lipinski definition) is 5. The molecule has 1 atom stereocenters. The lowest BCUT2D eigenvalue weighted by Gasteiger charge is -2.26. The molecule has 1 N–H and O–H groups in total. The second-order valence-corrected chi connectivity index (χ2v) is 9.48. The normalized spacial score (nSPS) is 15.1. The second-order valence-electron chi connectivity index (χ2n) is 8.19. The fraction of sp³-hybridized carbons (Fsp3) is 0.154. The van der Waals surface area contributed by atoms with Crippen molar-refractivity contribution in [2.45, 2.75) is 19.5 Å². The highest BCUT2D eigenvalue weighted by Crippen LogP contribution is 2.44. The van der Waals surface area contributed by atoms with E-state index in [9.17, 15) is 14.7 Å². The number of phenols is 1. The van der Waals surface area contributed by atoms with Crippen LogP contribution in [0.3, 0.4) is 0 Å². The molecule has 1 aliphatic rings. The molecule has 1 aliphatic heterocycles. The number of hydrogen-bond donors (Lipinski definition) is 1. The summed E-state index contributed by atoms with van der Waals surface area (Å²) in [7, 11) is 1.44. The number of methoxy groups -OCH3 is 1. The Morgan fingerprint density at radius 2 is 1.85 bits per heavy atom. The van der Waals surface area contributed by atoms with Crippen LogP contribution in [0.4, 0.5) is 0 Å². The molecule has 0 aliphatic carbocycles. The standard InChI is InChI=1S/C26H19BrClNO5/c1-13-3-5-14(6-4-13)12-29-22(15-9-18(27)24(31)20(10-15)33-2)21-23(30)17-11-16(28)7-8-19(17)34-25(21)26(29)32/h3-11,22,31H,12H2,1-2H3/t22-/m0/s1. The number of aryl methyl sites for hydroxylation is 1. The molecule has 0 saturated heterocycles. The number of carbonyl (C=O) groups excluding carboxylic acids is 1. The maximum Gasteiger partial charge on any atom is 0.291 e. The van der Waals surface area contributed by atoms with Crippen LogP contribution in [0, 0.1) is 6.92 Å². The minimum Gasteiger partial charge on any atom is -0.503 e. The van der Waals surface area contributed by atoms with E-state index >= 15 is 0 Å². The number of halogens is 2. The zero-order valence-electron chi connectivity index (χ0n) is 18.3. The van der Waals surface area contributed by atoms with Gasteiger partial charge in [0.1, 0.15) is 5.58 Å². The molecule has 1 aromatic heterocycles. The van der Waals surface area contributed by atoms with Crippen molar-refractivity contribution in [1.29, 1.82) is 0 Å². The number of phenolic OH excluding ortho intramolecular Hbond substituents is 1. The molecule has 172 valence electrons. The van der Waals surface area contributed by atoms with Crippen LogP contribution in [0.2, 0.25) is 5.02 Å². The smallest absolute Gasteiger partial charge is 0.291 e. The predicted octanol–water partition coefficient (Wildman–Crippen LogP) is 5.98. The van der Waals surface area contributed by atoms with Crippen molar-refractivity contribution < 1.29 is 19.1 Å². The van der Waals surface area contributed by atoms with Gasteiger partial charge in [-0.05, 0) is 64.3 Å². The zero-order chi connectivity index (χ0) is 24.1. The average molecular weight is 541 g/mol. The molecule has 1 amide bonds.